The predicted molar refractivity (Wildman–Crippen MR) is 84.6 cm³/mol. The summed E-state index contributed by atoms with van der Waals surface area (Å²) in [6, 6.07) is 21.7. The van der Waals surface area contributed by atoms with Crippen LogP contribution in [0.2, 0.25) is 0 Å². The van der Waals surface area contributed by atoms with Crippen molar-refractivity contribution < 1.29 is 0 Å². The van der Waals surface area contributed by atoms with Crippen LogP contribution >= 0.6 is 12.4 Å². The first-order valence-electron chi connectivity index (χ1n) is 6.72. The normalized spacial score (nSPS) is 11.6. The van der Waals surface area contributed by atoms with E-state index in [1.54, 1.807) is 0 Å². The van der Waals surface area contributed by atoms with Gasteiger partial charge < -0.3 is 5.32 Å². The van der Waals surface area contributed by atoms with Gasteiger partial charge >= 0.3 is 0 Å². The van der Waals surface area contributed by atoms with E-state index < -0.39 is 0 Å². The molecule has 1 N–H and O–H groups in total. The Balaban J connectivity index is 0.00000180. The lowest BCUT2D eigenvalue weighted by Gasteiger charge is -2.18. The van der Waals surface area contributed by atoms with Crippen molar-refractivity contribution in [2.24, 2.45) is 0 Å². The van der Waals surface area contributed by atoms with Gasteiger partial charge in [0.15, 0.2) is 0 Å². The van der Waals surface area contributed by atoms with Crippen LogP contribution < -0.4 is 5.32 Å². The van der Waals surface area contributed by atoms with E-state index in [0.717, 1.165) is 6.54 Å². The lowest BCUT2D eigenvalue weighted by molar-refractivity contribution is 0.493. The zero-order valence-corrected chi connectivity index (χ0v) is 12.2. The summed E-state index contributed by atoms with van der Waals surface area (Å²) in [4.78, 5) is 0. The molecule has 102 valence electrons. The van der Waals surface area contributed by atoms with Crippen molar-refractivity contribution in [1.29, 1.82) is 0 Å². The Morgan fingerprint density at radius 2 is 1.47 bits per heavy atom. The highest BCUT2D eigenvalue weighted by atomic mass is 35.5. The van der Waals surface area contributed by atoms with E-state index in [4.69, 9.17) is 0 Å². The summed E-state index contributed by atoms with van der Waals surface area (Å²) < 4.78 is 0. The zero-order valence-electron chi connectivity index (χ0n) is 11.4. The van der Waals surface area contributed by atoms with Crippen LogP contribution in [0.25, 0.3) is 0 Å². The Hall–Kier alpha value is -1.31. The third-order valence-electron chi connectivity index (χ3n) is 3.17. The van der Waals surface area contributed by atoms with Crippen molar-refractivity contribution in [3.63, 3.8) is 0 Å². The van der Waals surface area contributed by atoms with Gasteiger partial charge in [0.05, 0.1) is 0 Å². The molecule has 19 heavy (non-hydrogen) atoms. The molecule has 2 rings (SSSR count). The molecular formula is C17H22ClN. The van der Waals surface area contributed by atoms with Gasteiger partial charge in [-0.05, 0) is 17.5 Å². The molecule has 0 aliphatic carbocycles. The van der Waals surface area contributed by atoms with Gasteiger partial charge in [-0.25, -0.2) is 0 Å². The largest absolute Gasteiger partial charge is 0.306 e. The predicted octanol–water partition coefficient (Wildman–Crippen LogP) is 4.74. The fourth-order valence-electron chi connectivity index (χ4n) is 2.20. The number of hydrogen-bond acceptors (Lipinski definition) is 1. The Kier molecular flexibility index (Phi) is 7.24. The van der Waals surface area contributed by atoms with Gasteiger partial charge in [-0.1, -0.05) is 74.0 Å². The lowest BCUT2D eigenvalue weighted by Crippen LogP contribution is -2.20. The van der Waals surface area contributed by atoms with E-state index >= 15 is 0 Å². The van der Waals surface area contributed by atoms with Crippen molar-refractivity contribution in [1.82, 2.24) is 5.32 Å². The molecule has 0 radical (unpaired) electrons. The van der Waals surface area contributed by atoms with Gasteiger partial charge in [-0.2, -0.15) is 0 Å². The van der Waals surface area contributed by atoms with E-state index in [1.807, 2.05) is 0 Å². The lowest BCUT2D eigenvalue weighted by atomic mass is 10.0. The molecule has 0 bridgehead atoms. The van der Waals surface area contributed by atoms with Crippen molar-refractivity contribution in [2.75, 3.05) is 0 Å². The molecule has 1 atom stereocenters. The highest BCUT2D eigenvalue weighted by Gasteiger charge is 2.08. The average molecular weight is 276 g/mol. The summed E-state index contributed by atoms with van der Waals surface area (Å²) in [5.74, 6) is 0. The highest BCUT2D eigenvalue weighted by molar-refractivity contribution is 5.85. The van der Waals surface area contributed by atoms with Gasteiger partial charge in [-0.15, -0.1) is 12.4 Å². The molecule has 2 aromatic rings. The van der Waals surface area contributed by atoms with Crippen LogP contribution in [0.5, 0.6) is 0 Å². The van der Waals surface area contributed by atoms with Crippen molar-refractivity contribution in [3.05, 3.63) is 71.8 Å². The van der Waals surface area contributed by atoms with Crippen LogP contribution in [0.3, 0.4) is 0 Å². The first kappa shape index (κ1) is 15.7. The van der Waals surface area contributed by atoms with Gasteiger partial charge in [0.1, 0.15) is 0 Å². The molecular weight excluding hydrogens is 254 g/mol. The first-order valence-corrected chi connectivity index (χ1v) is 6.72. The maximum absolute atomic E-state index is 3.65. The van der Waals surface area contributed by atoms with Crippen molar-refractivity contribution >= 4 is 12.4 Å². The minimum atomic E-state index is 0. The third-order valence-corrected chi connectivity index (χ3v) is 3.17. The van der Waals surface area contributed by atoms with Gasteiger partial charge in [0, 0.05) is 12.6 Å². The van der Waals surface area contributed by atoms with E-state index in [2.05, 4.69) is 72.9 Å². The fourth-order valence-corrected chi connectivity index (χ4v) is 2.20. The quantitative estimate of drug-likeness (QED) is 0.803. The van der Waals surface area contributed by atoms with Gasteiger partial charge in [0.25, 0.3) is 0 Å². The van der Waals surface area contributed by atoms with Crippen LogP contribution in [0.4, 0.5) is 0 Å². The first-order chi connectivity index (χ1) is 8.90. The van der Waals surface area contributed by atoms with Crippen LogP contribution in [0.15, 0.2) is 60.7 Å². The maximum Gasteiger partial charge on any atom is 0.0323 e. The summed E-state index contributed by atoms with van der Waals surface area (Å²) in [6.07, 6.45) is 2.37. The molecule has 0 aliphatic heterocycles. The number of benzene rings is 2. The Labute approximate surface area is 122 Å². The smallest absolute Gasteiger partial charge is 0.0323 e. The average Bonchev–Trinajstić information content (AvgIpc) is 2.45. The summed E-state index contributed by atoms with van der Waals surface area (Å²) in [6.45, 7) is 3.17. The second-order valence-corrected chi connectivity index (χ2v) is 4.62. The minimum absolute atomic E-state index is 0. The van der Waals surface area contributed by atoms with E-state index in [-0.39, 0.29) is 12.4 Å². The second kappa shape index (κ2) is 8.73. The summed E-state index contributed by atoms with van der Waals surface area (Å²) >= 11 is 0. The van der Waals surface area contributed by atoms with Crippen molar-refractivity contribution in [3.8, 4) is 0 Å². The fraction of sp³-hybridized carbons (Fsp3) is 0.294. The molecule has 0 amide bonds. The molecule has 0 saturated carbocycles. The number of halogens is 1. The zero-order chi connectivity index (χ0) is 12.6. The molecule has 0 fully saturated rings. The monoisotopic (exact) mass is 275 g/mol. The van der Waals surface area contributed by atoms with Crippen LogP contribution in [0.1, 0.15) is 36.9 Å². The molecule has 1 nitrogen and oxygen atoms in total. The molecule has 1 unspecified atom stereocenters. The second-order valence-electron chi connectivity index (χ2n) is 4.62. The van der Waals surface area contributed by atoms with Crippen LogP contribution in [-0.4, -0.2) is 0 Å². The Morgan fingerprint density at radius 1 is 0.895 bits per heavy atom. The standard InChI is InChI=1S/C17H21N.ClH/c1-2-9-17(16-12-7-4-8-13-16)18-14-15-10-5-3-6-11-15;/h3-8,10-13,17-18H,2,9,14H2,1H3;1H. The summed E-state index contributed by atoms with van der Waals surface area (Å²) in [5.41, 5.74) is 2.73. The Bertz CT molecular complexity index is 441. The summed E-state index contributed by atoms with van der Waals surface area (Å²) in [7, 11) is 0. The molecule has 0 aromatic heterocycles. The maximum atomic E-state index is 3.65. The minimum Gasteiger partial charge on any atom is -0.306 e. The van der Waals surface area contributed by atoms with E-state index in [9.17, 15) is 0 Å². The molecule has 0 saturated heterocycles. The van der Waals surface area contributed by atoms with Crippen molar-refractivity contribution in [2.45, 2.75) is 32.4 Å². The van der Waals surface area contributed by atoms with Gasteiger partial charge in [0.2, 0.25) is 0 Å². The number of nitrogens with one attached hydrogen (secondary N) is 1. The van der Waals surface area contributed by atoms with Crippen LogP contribution in [0, 0.1) is 0 Å². The highest BCUT2D eigenvalue weighted by Crippen LogP contribution is 2.18. The topological polar surface area (TPSA) is 12.0 Å². The molecule has 2 aromatic carbocycles. The number of rotatable bonds is 6. The Morgan fingerprint density at radius 3 is 2.05 bits per heavy atom. The summed E-state index contributed by atoms with van der Waals surface area (Å²) in [5, 5.41) is 3.65. The van der Waals surface area contributed by atoms with Gasteiger partial charge in [-0.3, -0.25) is 0 Å². The number of hydrogen-bond donors (Lipinski definition) is 1. The third kappa shape index (κ3) is 5.06. The molecule has 0 heterocycles. The van der Waals surface area contributed by atoms with E-state index in [1.165, 1.54) is 24.0 Å². The molecule has 0 aliphatic rings. The molecule has 0 spiro atoms. The van der Waals surface area contributed by atoms with E-state index in [0.29, 0.717) is 6.04 Å². The SMILES string of the molecule is CCCC(NCc1ccccc1)c1ccccc1.Cl. The van der Waals surface area contributed by atoms with Crippen LogP contribution in [-0.2, 0) is 6.54 Å². The molecule has 2 heteroatoms.